The molecule has 0 heterocycles. The number of rotatable bonds is 3. The van der Waals surface area contributed by atoms with Crippen molar-refractivity contribution < 1.29 is 8.42 Å². The van der Waals surface area contributed by atoms with Gasteiger partial charge in [0.2, 0.25) is 0 Å². The van der Waals surface area contributed by atoms with Crippen LogP contribution in [-0.4, -0.2) is 8.42 Å². The third-order valence-electron chi connectivity index (χ3n) is 2.43. The van der Waals surface area contributed by atoms with Crippen molar-refractivity contribution in [3.8, 4) is 11.1 Å². The number of halogens is 2. The molecule has 0 fully saturated rings. The number of hydrogen-bond acceptors (Lipinski definition) is 2. The smallest absolute Gasteiger partial charge is 0.206 e. The molecule has 0 aliphatic heterocycles. The van der Waals surface area contributed by atoms with Gasteiger partial charge in [0.05, 0.1) is 4.90 Å². The van der Waals surface area contributed by atoms with Crippen LogP contribution in [0.5, 0.6) is 0 Å². The van der Waals surface area contributed by atoms with Gasteiger partial charge in [0, 0.05) is 10.6 Å². The highest BCUT2D eigenvalue weighted by Crippen LogP contribution is 2.30. The number of sulfonamides is 1. The van der Waals surface area contributed by atoms with Crippen molar-refractivity contribution >= 4 is 33.4 Å². The molecule has 1 N–H and O–H groups in total. The fraction of sp³-hybridized carbons (Fsp3) is 0. The van der Waals surface area contributed by atoms with Crippen LogP contribution in [0.2, 0.25) is 5.02 Å². The second-order valence-corrected chi connectivity index (χ2v) is 6.09. The Hall–Kier alpha value is -1.07. The Kier molecular flexibility index (Phi) is 3.92. The third-order valence-corrected chi connectivity index (χ3v) is 4.45. The lowest BCUT2D eigenvalue weighted by molar-refractivity contribution is 0.594. The highest BCUT2D eigenvalue weighted by molar-refractivity contribution is 7.90. The van der Waals surface area contributed by atoms with Gasteiger partial charge < -0.3 is 0 Å². The van der Waals surface area contributed by atoms with Crippen LogP contribution in [0, 0.1) is 0 Å². The first-order chi connectivity index (χ1) is 8.54. The summed E-state index contributed by atoms with van der Waals surface area (Å²) in [5.41, 5.74) is 1.49. The van der Waals surface area contributed by atoms with Gasteiger partial charge in [-0.05, 0) is 35.5 Å². The van der Waals surface area contributed by atoms with Crippen molar-refractivity contribution in [2.75, 3.05) is 0 Å². The van der Waals surface area contributed by atoms with Gasteiger partial charge in [-0.3, -0.25) is 0 Å². The van der Waals surface area contributed by atoms with E-state index in [1.807, 2.05) is 30.3 Å². The number of nitrogens with one attached hydrogen (secondary N) is 1. The van der Waals surface area contributed by atoms with Gasteiger partial charge in [0.15, 0.2) is 0 Å². The Bertz CT molecular complexity index is 657. The van der Waals surface area contributed by atoms with Crippen LogP contribution in [0.4, 0.5) is 0 Å². The normalized spacial score (nSPS) is 11.4. The highest BCUT2D eigenvalue weighted by atomic mass is 35.5. The topological polar surface area (TPSA) is 46.2 Å². The lowest BCUT2D eigenvalue weighted by Crippen LogP contribution is -2.13. The molecule has 0 spiro atoms. The van der Waals surface area contributed by atoms with Gasteiger partial charge in [-0.25, -0.2) is 8.42 Å². The van der Waals surface area contributed by atoms with Crippen LogP contribution in [0.15, 0.2) is 53.4 Å². The van der Waals surface area contributed by atoms with Gasteiger partial charge in [-0.15, -0.1) is 4.24 Å². The fourth-order valence-electron chi connectivity index (χ4n) is 1.56. The van der Waals surface area contributed by atoms with Crippen molar-refractivity contribution in [3.63, 3.8) is 0 Å². The quantitative estimate of drug-likeness (QED) is 0.883. The lowest BCUT2D eigenvalue weighted by Gasteiger charge is -2.07. The molecule has 0 aromatic heterocycles. The zero-order valence-electron chi connectivity index (χ0n) is 9.10. The van der Waals surface area contributed by atoms with E-state index in [-0.39, 0.29) is 4.90 Å². The Morgan fingerprint density at radius 3 is 2.28 bits per heavy atom. The van der Waals surface area contributed by atoms with Crippen LogP contribution in [0.1, 0.15) is 0 Å². The van der Waals surface area contributed by atoms with Crippen molar-refractivity contribution in [2.24, 2.45) is 0 Å². The third kappa shape index (κ3) is 2.67. The van der Waals surface area contributed by atoms with E-state index in [9.17, 15) is 8.42 Å². The summed E-state index contributed by atoms with van der Waals surface area (Å²) in [6, 6.07) is 13.7. The number of hydrogen-bond donors (Lipinski definition) is 1. The largest absolute Gasteiger partial charge is 0.253 e. The first-order valence-electron chi connectivity index (χ1n) is 5.02. The maximum absolute atomic E-state index is 11.6. The second kappa shape index (κ2) is 5.28. The molecule has 2 aromatic rings. The van der Waals surface area contributed by atoms with E-state index in [1.54, 1.807) is 4.24 Å². The van der Waals surface area contributed by atoms with E-state index >= 15 is 0 Å². The molecular weight excluding hydrogens is 293 g/mol. The molecule has 0 bridgehead atoms. The monoisotopic (exact) mass is 301 g/mol. The highest BCUT2D eigenvalue weighted by Gasteiger charge is 2.15. The molecule has 0 atom stereocenters. The molecule has 94 valence electrons. The Balaban J connectivity index is 2.60. The minimum atomic E-state index is -3.69. The Morgan fingerprint density at radius 2 is 1.67 bits per heavy atom. The summed E-state index contributed by atoms with van der Waals surface area (Å²) in [5.74, 6) is 0. The van der Waals surface area contributed by atoms with Gasteiger partial charge in [-0.1, -0.05) is 41.9 Å². The molecule has 2 aromatic carbocycles. The summed E-state index contributed by atoms with van der Waals surface area (Å²) in [6.07, 6.45) is 0. The molecule has 0 unspecified atom stereocenters. The van der Waals surface area contributed by atoms with Crippen molar-refractivity contribution in [1.29, 1.82) is 0 Å². The fourth-order valence-corrected chi connectivity index (χ4v) is 2.66. The summed E-state index contributed by atoms with van der Waals surface area (Å²) in [7, 11) is -3.69. The second-order valence-electron chi connectivity index (χ2n) is 3.59. The summed E-state index contributed by atoms with van der Waals surface area (Å²) >= 11 is 11.3. The summed E-state index contributed by atoms with van der Waals surface area (Å²) in [5, 5.41) is 0.481. The van der Waals surface area contributed by atoms with Crippen LogP contribution in [0.25, 0.3) is 11.1 Å². The predicted molar refractivity (Wildman–Crippen MR) is 73.1 cm³/mol. The molecule has 0 aliphatic rings. The van der Waals surface area contributed by atoms with Crippen molar-refractivity contribution in [3.05, 3.63) is 53.6 Å². The Labute approximate surface area is 116 Å². The summed E-state index contributed by atoms with van der Waals surface area (Å²) in [4.78, 5) is 0.0701. The molecule has 0 amide bonds. The zero-order valence-corrected chi connectivity index (χ0v) is 11.4. The average molecular weight is 302 g/mol. The predicted octanol–water partition coefficient (Wildman–Crippen LogP) is 3.44. The van der Waals surface area contributed by atoms with E-state index in [0.29, 0.717) is 10.6 Å². The first kappa shape index (κ1) is 13.4. The van der Waals surface area contributed by atoms with Crippen LogP contribution < -0.4 is 4.24 Å². The molecule has 3 nitrogen and oxygen atoms in total. The maximum Gasteiger partial charge on any atom is 0.253 e. The van der Waals surface area contributed by atoms with E-state index in [4.69, 9.17) is 23.4 Å². The SMILES string of the molecule is O=S(=O)(NCl)c1ccc(Cl)c(-c2ccccc2)c1. The molecule has 0 aliphatic carbocycles. The summed E-state index contributed by atoms with van der Waals surface area (Å²) < 4.78 is 25.0. The van der Waals surface area contributed by atoms with Crippen LogP contribution >= 0.6 is 23.4 Å². The van der Waals surface area contributed by atoms with Gasteiger partial charge in [-0.2, -0.15) is 0 Å². The molecular formula is C12H9Cl2NO2S. The van der Waals surface area contributed by atoms with Crippen LogP contribution in [0.3, 0.4) is 0 Å². The Morgan fingerprint density at radius 1 is 1.00 bits per heavy atom. The molecule has 6 heteroatoms. The molecule has 0 saturated carbocycles. The maximum atomic E-state index is 11.6. The molecule has 2 rings (SSSR count). The van der Waals surface area contributed by atoms with Gasteiger partial charge in [0.1, 0.15) is 0 Å². The lowest BCUT2D eigenvalue weighted by atomic mass is 10.1. The van der Waals surface area contributed by atoms with Crippen molar-refractivity contribution in [1.82, 2.24) is 4.24 Å². The minimum Gasteiger partial charge on any atom is -0.206 e. The number of benzene rings is 2. The molecule has 18 heavy (non-hydrogen) atoms. The van der Waals surface area contributed by atoms with E-state index in [0.717, 1.165) is 5.56 Å². The molecule has 0 radical (unpaired) electrons. The summed E-state index contributed by atoms with van der Waals surface area (Å²) in [6.45, 7) is 0. The van der Waals surface area contributed by atoms with Crippen LogP contribution in [-0.2, 0) is 10.0 Å². The van der Waals surface area contributed by atoms with E-state index in [1.165, 1.54) is 18.2 Å². The van der Waals surface area contributed by atoms with Gasteiger partial charge >= 0.3 is 0 Å². The molecule has 0 saturated heterocycles. The average Bonchev–Trinajstić information content (AvgIpc) is 2.40. The van der Waals surface area contributed by atoms with Crippen molar-refractivity contribution in [2.45, 2.75) is 4.90 Å². The van der Waals surface area contributed by atoms with E-state index in [2.05, 4.69) is 0 Å². The standard InChI is InChI=1S/C12H9Cl2NO2S/c13-12-7-6-10(18(16,17)15-14)8-11(12)9-4-2-1-3-5-9/h1-8,15H. The van der Waals surface area contributed by atoms with Gasteiger partial charge in [0.25, 0.3) is 10.0 Å². The first-order valence-corrected chi connectivity index (χ1v) is 7.26. The minimum absolute atomic E-state index is 0.0701. The zero-order chi connectivity index (χ0) is 13.2. The van der Waals surface area contributed by atoms with E-state index < -0.39 is 10.0 Å².